The van der Waals surface area contributed by atoms with Crippen molar-refractivity contribution in [2.75, 3.05) is 37.3 Å². The van der Waals surface area contributed by atoms with Gasteiger partial charge in [-0.05, 0) is 45.1 Å². The molecule has 0 aliphatic carbocycles. The molecule has 112 valence electrons. The van der Waals surface area contributed by atoms with Crippen LogP contribution in [0.2, 0.25) is 0 Å². The summed E-state index contributed by atoms with van der Waals surface area (Å²) in [5.41, 5.74) is 6.03. The number of likely N-dealkylation sites (N-methyl/N-ethyl adjacent to an activating group) is 1. The summed E-state index contributed by atoms with van der Waals surface area (Å²) in [5.74, 6) is 0. The van der Waals surface area contributed by atoms with Gasteiger partial charge in [0.1, 0.15) is 0 Å². The lowest BCUT2D eigenvalue weighted by molar-refractivity contribution is -0.137. The van der Waals surface area contributed by atoms with Crippen LogP contribution in [-0.4, -0.2) is 37.6 Å². The fraction of sp³-hybridized carbons (Fsp3) is 0.571. The number of nitrogens with two attached hydrogens (primary N) is 1. The third-order valence-electron chi connectivity index (χ3n) is 3.71. The predicted molar refractivity (Wildman–Crippen MR) is 74.8 cm³/mol. The normalized spacial score (nSPS) is 21.9. The smallest absolute Gasteiger partial charge is 0.397 e. The Balaban J connectivity index is 2.28. The molecule has 6 heteroatoms. The molecule has 0 saturated carbocycles. The summed E-state index contributed by atoms with van der Waals surface area (Å²) < 4.78 is 38.0. The molecule has 0 amide bonds. The fourth-order valence-electron chi connectivity index (χ4n) is 2.72. The molecule has 1 unspecified atom stereocenters. The molecule has 1 aromatic carbocycles. The minimum Gasteiger partial charge on any atom is -0.397 e. The van der Waals surface area contributed by atoms with E-state index < -0.39 is 11.7 Å². The molecule has 1 saturated heterocycles. The lowest BCUT2D eigenvalue weighted by Crippen LogP contribution is -2.38. The Morgan fingerprint density at radius 1 is 1.25 bits per heavy atom. The van der Waals surface area contributed by atoms with E-state index in [0.717, 1.165) is 38.2 Å². The molecule has 2 rings (SSSR count). The van der Waals surface area contributed by atoms with Crippen molar-refractivity contribution in [3.63, 3.8) is 0 Å². The summed E-state index contributed by atoms with van der Waals surface area (Å²) in [7, 11) is 2.05. The average molecular weight is 287 g/mol. The molecule has 1 aliphatic heterocycles. The molecule has 20 heavy (non-hydrogen) atoms. The average Bonchev–Trinajstić information content (AvgIpc) is 2.49. The minimum absolute atomic E-state index is 0.191. The molecule has 1 fully saturated rings. The zero-order valence-electron chi connectivity index (χ0n) is 11.7. The van der Waals surface area contributed by atoms with Crippen LogP contribution in [0.4, 0.5) is 24.5 Å². The van der Waals surface area contributed by atoms with Crippen molar-refractivity contribution in [2.24, 2.45) is 0 Å². The van der Waals surface area contributed by atoms with Gasteiger partial charge in [-0.15, -0.1) is 0 Å². The number of halogens is 3. The Bertz CT molecular complexity index is 473. The largest absolute Gasteiger partial charge is 0.416 e. The number of nitrogens with zero attached hydrogens (tertiary/aromatic N) is 2. The van der Waals surface area contributed by atoms with Crippen molar-refractivity contribution < 1.29 is 13.2 Å². The molecule has 1 atom stereocenters. The number of hydrogen-bond acceptors (Lipinski definition) is 3. The van der Waals surface area contributed by atoms with Gasteiger partial charge in [0.25, 0.3) is 0 Å². The van der Waals surface area contributed by atoms with Crippen LogP contribution in [0.3, 0.4) is 0 Å². The highest BCUT2D eigenvalue weighted by Gasteiger charge is 2.31. The van der Waals surface area contributed by atoms with Crippen molar-refractivity contribution >= 4 is 11.4 Å². The maximum absolute atomic E-state index is 12.7. The van der Waals surface area contributed by atoms with E-state index in [0.29, 0.717) is 5.69 Å². The molecule has 1 aliphatic rings. The van der Waals surface area contributed by atoms with Crippen LogP contribution in [0.1, 0.15) is 18.9 Å². The zero-order valence-corrected chi connectivity index (χ0v) is 11.7. The van der Waals surface area contributed by atoms with E-state index in [9.17, 15) is 13.2 Å². The topological polar surface area (TPSA) is 32.5 Å². The third kappa shape index (κ3) is 3.17. The second-order valence-corrected chi connectivity index (χ2v) is 5.43. The Kier molecular flexibility index (Phi) is 4.13. The molecule has 1 aromatic rings. The van der Waals surface area contributed by atoms with Crippen LogP contribution in [0.15, 0.2) is 18.2 Å². The van der Waals surface area contributed by atoms with Crippen LogP contribution in [0.5, 0.6) is 0 Å². The van der Waals surface area contributed by atoms with E-state index >= 15 is 0 Å². The number of benzene rings is 1. The van der Waals surface area contributed by atoms with Gasteiger partial charge < -0.3 is 15.5 Å². The fourth-order valence-corrected chi connectivity index (χ4v) is 2.72. The van der Waals surface area contributed by atoms with E-state index in [4.69, 9.17) is 5.73 Å². The first kappa shape index (κ1) is 15.0. The van der Waals surface area contributed by atoms with Crippen LogP contribution in [0, 0.1) is 0 Å². The highest BCUT2D eigenvalue weighted by atomic mass is 19.4. The Labute approximate surface area is 117 Å². The van der Waals surface area contributed by atoms with Crippen molar-refractivity contribution in [1.82, 2.24) is 4.90 Å². The van der Waals surface area contributed by atoms with Gasteiger partial charge in [0.15, 0.2) is 0 Å². The van der Waals surface area contributed by atoms with E-state index in [-0.39, 0.29) is 11.7 Å². The van der Waals surface area contributed by atoms with Gasteiger partial charge in [0.05, 0.1) is 16.9 Å². The Hall–Kier alpha value is -1.43. The Morgan fingerprint density at radius 2 is 1.95 bits per heavy atom. The number of alkyl halides is 3. The summed E-state index contributed by atoms with van der Waals surface area (Å²) in [6.07, 6.45) is -3.38. The molecule has 0 spiro atoms. The second kappa shape index (κ2) is 5.52. The van der Waals surface area contributed by atoms with Gasteiger partial charge >= 0.3 is 6.18 Å². The number of rotatable bonds is 1. The summed E-state index contributed by atoms with van der Waals surface area (Å²) in [5, 5.41) is 0. The predicted octanol–water partition coefficient (Wildman–Crippen LogP) is 2.82. The van der Waals surface area contributed by atoms with Crippen LogP contribution in [0.25, 0.3) is 0 Å². The highest BCUT2D eigenvalue weighted by molar-refractivity contribution is 5.69. The molecular formula is C14H20F3N3. The zero-order chi connectivity index (χ0) is 14.9. The lowest BCUT2D eigenvalue weighted by Gasteiger charge is -2.31. The molecule has 1 heterocycles. The quantitative estimate of drug-likeness (QED) is 0.806. The van der Waals surface area contributed by atoms with Crippen molar-refractivity contribution in [3.05, 3.63) is 23.8 Å². The molecule has 3 nitrogen and oxygen atoms in total. The number of nitrogen functional groups attached to an aromatic ring is 1. The van der Waals surface area contributed by atoms with Gasteiger partial charge in [-0.1, -0.05) is 0 Å². The van der Waals surface area contributed by atoms with Crippen molar-refractivity contribution in [3.8, 4) is 0 Å². The van der Waals surface area contributed by atoms with Crippen LogP contribution < -0.4 is 10.6 Å². The first-order chi connectivity index (χ1) is 9.29. The molecule has 0 bridgehead atoms. The molecule has 0 aromatic heterocycles. The van der Waals surface area contributed by atoms with E-state index in [2.05, 4.69) is 23.8 Å². The maximum Gasteiger partial charge on any atom is 0.416 e. The van der Waals surface area contributed by atoms with Gasteiger partial charge in [-0.2, -0.15) is 13.2 Å². The molecular weight excluding hydrogens is 267 g/mol. The van der Waals surface area contributed by atoms with Gasteiger partial charge in [-0.25, -0.2) is 0 Å². The van der Waals surface area contributed by atoms with E-state index in [1.165, 1.54) is 6.07 Å². The summed E-state index contributed by atoms with van der Waals surface area (Å²) in [6.45, 7) is 4.74. The second-order valence-electron chi connectivity index (χ2n) is 5.43. The van der Waals surface area contributed by atoms with Crippen molar-refractivity contribution in [1.29, 1.82) is 0 Å². The van der Waals surface area contributed by atoms with Gasteiger partial charge in [0, 0.05) is 19.1 Å². The van der Waals surface area contributed by atoms with Gasteiger partial charge in [-0.3, -0.25) is 0 Å². The van der Waals surface area contributed by atoms with E-state index in [1.54, 1.807) is 0 Å². The monoisotopic (exact) mass is 287 g/mol. The van der Waals surface area contributed by atoms with E-state index in [1.807, 2.05) is 0 Å². The summed E-state index contributed by atoms with van der Waals surface area (Å²) in [6, 6.07) is 3.84. The molecule has 2 N–H and O–H groups in total. The number of anilines is 2. The first-order valence-corrected chi connectivity index (χ1v) is 6.71. The van der Waals surface area contributed by atoms with Crippen LogP contribution >= 0.6 is 0 Å². The molecule has 0 radical (unpaired) electrons. The highest BCUT2D eigenvalue weighted by Crippen LogP contribution is 2.35. The third-order valence-corrected chi connectivity index (χ3v) is 3.71. The summed E-state index contributed by atoms with van der Waals surface area (Å²) >= 11 is 0. The lowest BCUT2D eigenvalue weighted by atomic mass is 10.1. The Morgan fingerprint density at radius 3 is 2.55 bits per heavy atom. The van der Waals surface area contributed by atoms with Crippen molar-refractivity contribution in [2.45, 2.75) is 25.6 Å². The first-order valence-electron chi connectivity index (χ1n) is 6.71. The minimum atomic E-state index is -4.35. The number of hydrogen-bond donors (Lipinski definition) is 1. The summed E-state index contributed by atoms with van der Waals surface area (Å²) in [4.78, 5) is 4.32. The van der Waals surface area contributed by atoms with Gasteiger partial charge in [0.2, 0.25) is 0 Å². The maximum atomic E-state index is 12.7. The van der Waals surface area contributed by atoms with Crippen LogP contribution in [-0.2, 0) is 6.18 Å². The SMILES string of the molecule is CC1CN(C)CCCN1c1ccc(C(F)(F)F)cc1N. The standard InChI is InChI=1S/C14H20F3N3/c1-10-9-19(2)6-3-7-20(10)13-5-4-11(8-12(13)18)14(15,16)17/h4-5,8,10H,3,6-7,9,18H2,1-2H3.